The minimum Gasteiger partial charge on any atom is -0.496 e. The van der Waals surface area contributed by atoms with Gasteiger partial charge in [-0.3, -0.25) is 0 Å². The van der Waals surface area contributed by atoms with Crippen LogP contribution in [0.5, 0.6) is 11.5 Å². The molecule has 2 N–H and O–H groups in total. The molecule has 8 nitrogen and oxygen atoms in total. The summed E-state index contributed by atoms with van der Waals surface area (Å²) < 4.78 is 22.8. The minimum absolute atomic E-state index is 0.287. The molecule has 0 bridgehead atoms. The van der Waals surface area contributed by atoms with Crippen molar-refractivity contribution in [3.8, 4) is 22.6 Å². The van der Waals surface area contributed by atoms with Gasteiger partial charge >= 0.3 is 5.97 Å². The van der Waals surface area contributed by atoms with Crippen molar-refractivity contribution in [2.75, 3.05) is 32.2 Å². The summed E-state index contributed by atoms with van der Waals surface area (Å²) in [5.41, 5.74) is 2.59. The Labute approximate surface area is 194 Å². The maximum absolute atomic E-state index is 12.1. The Morgan fingerprint density at radius 1 is 1.24 bits per heavy atom. The van der Waals surface area contributed by atoms with Crippen LogP contribution in [0.3, 0.4) is 0 Å². The minimum atomic E-state index is -1.09. The standard InChI is InChI=1S/C25H32N2O6/c1-4-32-22-12-17(11-21(30-3)16(22)2)20-14-26-23(13-18(20)15-33-19-5-6-19)27-25(24(28)29)7-9-31-10-8-25/h11-14,19H,4-10,15H2,1-3H3,(H,26,27)(H,28,29). The molecule has 2 aromatic rings. The summed E-state index contributed by atoms with van der Waals surface area (Å²) in [4.78, 5) is 16.7. The zero-order valence-corrected chi connectivity index (χ0v) is 19.5. The molecule has 1 aromatic carbocycles. The average molecular weight is 457 g/mol. The van der Waals surface area contributed by atoms with E-state index in [2.05, 4.69) is 10.3 Å². The zero-order valence-electron chi connectivity index (χ0n) is 19.5. The first-order chi connectivity index (χ1) is 16.0. The Kier molecular flexibility index (Phi) is 7.05. The summed E-state index contributed by atoms with van der Waals surface area (Å²) in [5.74, 6) is 1.12. The SMILES string of the molecule is CCOc1cc(-c2cnc(NC3(C(=O)O)CCOCC3)cc2COC2CC2)cc(OC)c1C. The number of aromatic nitrogens is 1. The molecule has 0 radical (unpaired) electrons. The van der Waals surface area contributed by atoms with Crippen LogP contribution >= 0.6 is 0 Å². The van der Waals surface area contributed by atoms with Crippen LogP contribution in [-0.4, -0.2) is 54.6 Å². The molecule has 0 atom stereocenters. The van der Waals surface area contributed by atoms with Gasteiger partial charge in [0.15, 0.2) is 0 Å². The van der Waals surface area contributed by atoms with Crippen LogP contribution in [-0.2, 0) is 20.9 Å². The van der Waals surface area contributed by atoms with E-state index in [4.69, 9.17) is 18.9 Å². The second-order valence-electron chi connectivity index (χ2n) is 8.60. The number of nitrogens with zero attached hydrogens (tertiary/aromatic N) is 1. The number of pyridine rings is 1. The number of carbonyl (C=O) groups is 1. The third-order valence-corrected chi connectivity index (χ3v) is 6.25. The number of ether oxygens (including phenoxy) is 4. The number of nitrogens with one attached hydrogen (secondary N) is 1. The highest BCUT2D eigenvalue weighted by atomic mass is 16.5. The van der Waals surface area contributed by atoms with E-state index in [0.717, 1.165) is 46.6 Å². The summed E-state index contributed by atoms with van der Waals surface area (Å²) in [5, 5.41) is 13.1. The smallest absolute Gasteiger partial charge is 0.329 e. The molecule has 2 heterocycles. The molecule has 1 aliphatic carbocycles. The van der Waals surface area contributed by atoms with Crippen molar-refractivity contribution in [1.82, 2.24) is 4.98 Å². The van der Waals surface area contributed by atoms with Crippen molar-refractivity contribution in [2.45, 2.75) is 57.8 Å². The van der Waals surface area contributed by atoms with Crippen LogP contribution < -0.4 is 14.8 Å². The van der Waals surface area contributed by atoms with E-state index < -0.39 is 11.5 Å². The molecule has 1 aromatic heterocycles. The Morgan fingerprint density at radius 2 is 1.97 bits per heavy atom. The molecule has 0 unspecified atom stereocenters. The fourth-order valence-corrected chi connectivity index (χ4v) is 4.08. The van der Waals surface area contributed by atoms with Gasteiger partial charge < -0.3 is 29.4 Å². The van der Waals surface area contributed by atoms with E-state index in [9.17, 15) is 9.90 Å². The number of hydrogen-bond acceptors (Lipinski definition) is 7. The van der Waals surface area contributed by atoms with Gasteiger partial charge in [0.25, 0.3) is 0 Å². The van der Waals surface area contributed by atoms with Gasteiger partial charge in [-0.2, -0.15) is 0 Å². The first-order valence-corrected chi connectivity index (χ1v) is 11.5. The topological polar surface area (TPSA) is 99.1 Å². The second-order valence-corrected chi connectivity index (χ2v) is 8.60. The second kappa shape index (κ2) is 9.97. The fourth-order valence-electron chi connectivity index (χ4n) is 4.08. The summed E-state index contributed by atoms with van der Waals surface area (Å²) in [6.07, 6.45) is 4.96. The molecule has 8 heteroatoms. The molecule has 0 amide bonds. The molecular formula is C25H32N2O6. The first kappa shape index (κ1) is 23.3. The van der Waals surface area contributed by atoms with Crippen LogP contribution in [0.25, 0.3) is 11.1 Å². The summed E-state index contributed by atoms with van der Waals surface area (Å²) >= 11 is 0. The highest BCUT2D eigenvalue weighted by molar-refractivity contribution is 5.83. The molecule has 1 saturated heterocycles. The molecule has 33 heavy (non-hydrogen) atoms. The number of carboxylic acids is 1. The van der Waals surface area contributed by atoms with E-state index in [-0.39, 0.29) is 6.10 Å². The molecule has 1 aliphatic heterocycles. The Balaban J connectivity index is 1.71. The van der Waals surface area contributed by atoms with E-state index in [1.165, 1.54) is 0 Å². The quantitative estimate of drug-likeness (QED) is 0.549. The van der Waals surface area contributed by atoms with Gasteiger partial charge in [-0.15, -0.1) is 0 Å². The average Bonchev–Trinajstić information content (AvgIpc) is 3.64. The molecule has 2 aliphatic rings. The van der Waals surface area contributed by atoms with Crippen LogP contribution in [0.4, 0.5) is 5.82 Å². The van der Waals surface area contributed by atoms with E-state index >= 15 is 0 Å². The lowest BCUT2D eigenvalue weighted by molar-refractivity contribution is -0.145. The fraction of sp³-hybridized carbons (Fsp3) is 0.520. The highest BCUT2D eigenvalue weighted by Gasteiger charge is 2.40. The highest BCUT2D eigenvalue weighted by Crippen LogP contribution is 2.37. The van der Waals surface area contributed by atoms with Crippen LogP contribution in [0, 0.1) is 6.92 Å². The lowest BCUT2D eigenvalue weighted by Gasteiger charge is -2.34. The summed E-state index contributed by atoms with van der Waals surface area (Å²) in [7, 11) is 1.64. The molecular weight excluding hydrogens is 424 g/mol. The Hall–Kier alpha value is -2.84. The zero-order chi connectivity index (χ0) is 23.4. The van der Waals surface area contributed by atoms with Crippen molar-refractivity contribution >= 4 is 11.8 Å². The van der Waals surface area contributed by atoms with Crippen molar-refractivity contribution in [1.29, 1.82) is 0 Å². The van der Waals surface area contributed by atoms with Crippen LogP contribution in [0.15, 0.2) is 24.4 Å². The van der Waals surface area contributed by atoms with Gasteiger partial charge in [0.1, 0.15) is 22.9 Å². The van der Waals surface area contributed by atoms with Gasteiger partial charge in [0.2, 0.25) is 0 Å². The van der Waals surface area contributed by atoms with Crippen molar-refractivity contribution < 1.29 is 28.8 Å². The van der Waals surface area contributed by atoms with Gasteiger partial charge in [-0.25, -0.2) is 9.78 Å². The maximum atomic E-state index is 12.1. The van der Waals surface area contributed by atoms with Gasteiger partial charge in [-0.1, -0.05) is 0 Å². The van der Waals surface area contributed by atoms with Gasteiger partial charge in [0, 0.05) is 43.4 Å². The largest absolute Gasteiger partial charge is 0.496 e. The maximum Gasteiger partial charge on any atom is 0.329 e. The Morgan fingerprint density at radius 3 is 2.61 bits per heavy atom. The Bertz CT molecular complexity index is 999. The number of methoxy groups -OCH3 is 1. The predicted molar refractivity (Wildman–Crippen MR) is 124 cm³/mol. The number of carboxylic acid groups (broad SMARTS) is 1. The van der Waals surface area contributed by atoms with Crippen molar-refractivity contribution in [3.63, 3.8) is 0 Å². The summed E-state index contributed by atoms with van der Waals surface area (Å²) in [6, 6.07) is 5.85. The third-order valence-electron chi connectivity index (χ3n) is 6.25. The summed E-state index contributed by atoms with van der Waals surface area (Å²) in [6.45, 7) is 5.68. The number of benzene rings is 1. The van der Waals surface area contributed by atoms with Crippen LogP contribution in [0.2, 0.25) is 0 Å². The first-order valence-electron chi connectivity index (χ1n) is 11.5. The monoisotopic (exact) mass is 456 g/mol. The lowest BCUT2D eigenvalue weighted by Crippen LogP contribution is -2.50. The van der Waals surface area contributed by atoms with Gasteiger partial charge in [0.05, 0.1) is 26.4 Å². The van der Waals surface area contributed by atoms with Crippen molar-refractivity contribution in [2.24, 2.45) is 0 Å². The van der Waals surface area contributed by atoms with Crippen LogP contribution in [0.1, 0.15) is 43.7 Å². The molecule has 178 valence electrons. The third kappa shape index (κ3) is 5.23. The molecule has 0 spiro atoms. The molecule has 2 fully saturated rings. The predicted octanol–water partition coefficient (Wildman–Crippen LogP) is 4.19. The van der Waals surface area contributed by atoms with Gasteiger partial charge in [-0.05, 0) is 56.0 Å². The molecule has 4 rings (SSSR count). The number of anilines is 1. The molecule has 1 saturated carbocycles. The number of aliphatic carboxylic acids is 1. The van der Waals surface area contributed by atoms with E-state index in [1.807, 2.05) is 32.0 Å². The van der Waals surface area contributed by atoms with E-state index in [0.29, 0.717) is 45.1 Å². The lowest BCUT2D eigenvalue weighted by atomic mass is 9.90. The number of rotatable bonds is 10. The normalized spacial score (nSPS) is 17.4. The van der Waals surface area contributed by atoms with Crippen molar-refractivity contribution in [3.05, 3.63) is 35.5 Å². The van der Waals surface area contributed by atoms with E-state index in [1.54, 1.807) is 13.3 Å². The number of hydrogen-bond donors (Lipinski definition) is 2.